The molecule has 2 rings (SSSR count). The molecule has 1 heterocycles. The van der Waals surface area contributed by atoms with Gasteiger partial charge in [-0.15, -0.1) is 0 Å². The number of carbonyl (C=O) groups is 1. The van der Waals surface area contributed by atoms with E-state index in [2.05, 4.69) is 5.32 Å². The molecular formula is C12H22N2O3. The second-order valence-electron chi connectivity index (χ2n) is 6.17. The van der Waals surface area contributed by atoms with Crippen LogP contribution in [0, 0.1) is 0 Å². The number of β-amino-alcohol motifs (C(OH)–C–C–N with tert-alkyl or cyclic N) is 1. The molecule has 1 amide bonds. The third-order valence-electron chi connectivity index (χ3n) is 2.99. The summed E-state index contributed by atoms with van der Waals surface area (Å²) < 4.78 is 5.37. The zero-order chi connectivity index (χ0) is 12.7. The van der Waals surface area contributed by atoms with E-state index in [0.717, 1.165) is 12.8 Å². The maximum atomic E-state index is 12.0. The van der Waals surface area contributed by atoms with Gasteiger partial charge in [0, 0.05) is 19.1 Å². The number of nitrogens with one attached hydrogen (secondary N) is 1. The molecule has 1 aliphatic heterocycles. The van der Waals surface area contributed by atoms with Crippen molar-refractivity contribution < 1.29 is 14.6 Å². The number of rotatable bonds is 3. The Balaban J connectivity index is 1.94. The van der Waals surface area contributed by atoms with Crippen molar-refractivity contribution in [1.29, 1.82) is 0 Å². The van der Waals surface area contributed by atoms with Gasteiger partial charge in [-0.3, -0.25) is 0 Å². The van der Waals surface area contributed by atoms with Crippen LogP contribution in [0.15, 0.2) is 0 Å². The van der Waals surface area contributed by atoms with Crippen molar-refractivity contribution in [2.75, 3.05) is 19.6 Å². The van der Waals surface area contributed by atoms with Crippen molar-refractivity contribution in [3.8, 4) is 0 Å². The van der Waals surface area contributed by atoms with Crippen molar-refractivity contribution in [1.82, 2.24) is 10.2 Å². The van der Waals surface area contributed by atoms with Crippen LogP contribution in [0.3, 0.4) is 0 Å². The summed E-state index contributed by atoms with van der Waals surface area (Å²) in [4.78, 5) is 13.7. The third-order valence-corrected chi connectivity index (χ3v) is 2.99. The van der Waals surface area contributed by atoms with Crippen LogP contribution in [0.25, 0.3) is 0 Å². The minimum absolute atomic E-state index is 0.259. The van der Waals surface area contributed by atoms with Gasteiger partial charge in [-0.05, 0) is 33.6 Å². The molecule has 1 saturated heterocycles. The SMILES string of the molecule is CC(C)(C)OC(=O)N(CC1(O)CNC1)C1CC1. The number of hydrogen-bond acceptors (Lipinski definition) is 4. The smallest absolute Gasteiger partial charge is 0.410 e. The van der Waals surface area contributed by atoms with Crippen LogP contribution in [0.2, 0.25) is 0 Å². The highest BCUT2D eigenvalue weighted by Crippen LogP contribution is 2.30. The second kappa shape index (κ2) is 4.14. The van der Waals surface area contributed by atoms with E-state index < -0.39 is 11.2 Å². The predicted octanol–water partition coefficient (Wildman–Crippen LogP) is 0.720. The average molecular weight is 242 g/mol. The fraction of sp³-hybridized carbons (Fsp3) is 0.917. The molecule has 5 nitrogen and oxygen atoms in total. The van der Waals surface area contributed by atoms with Gasteiger partial charge in [-0.1, -0.05) is 0 Å². The summed E-state index contributed by atoms with van der Waals surface area (Å²) in [5, 5.41) is 13.1. The molecule has 0 aromatic heterocycles. The lowest BCUT2D eigenvalue weighted by Crippen LogP contribution is -2.65. The molecule has 0 bridgehead atoms. The van der Waals surface area contributed by atoms with E-state index in [-0.39, 0.29) is 12.1 Å². The molecule has 17 heavy (non-hydrogen) atoms. The average Bonchev–Trinajstić information content (AvgIpc) is 2.91. The Morgan fingerprint density at radius 3 is 2.41 bits per heavy atom. The molecule has 98 valence electrons. The van der Waals surface area contributed by atoms with Crippen molar-refractivity contribution in [3.05, 3.63) is 0 Å². The number of ether oxygens (including phenoxy) is 1. The summed E-state index contributed by atoms with van der Waals surface area (Å²) in [6.45, 7) is 7.05. The van der Waals surface area contributed by atoms with Gasteiger partial charge < -0.3 is 20.1 Å². The van der Waals surface area contributed by atoms with E-state index in [1.807, 2.05) is 20.8 Å². The second-order valence-corrected chi connectivity index (χ2v) is 6.17. The Bertz CT molecular complexity index is 303. The maximum absolute atomic E-state index is 12.0. The van der Waals surface area contributed by atoms with E-state index in [4.69, 9.17) is 4.74 Å². The van der Waals surface area contributed by atoms with Crippen LogP contribution in [0.5, 0.6) is 0 Å². The normalized spacial score (nSPS) is 22.8. The molecule has 2 fully saturated rings. The molecule has 2 N–H and O–H groups in total. The molecule has 5 heteroatoms. The predicted molar refractivity (Wildman–Crippen MR) is 63.8 cm³/mol. The van der Waals surface area contributed by atoms with Crippen LogP contribution in [-0.4, -0.2) is 53.0 Å². The van der Waals surface area contributed by atoms with E-state index in [0.29, 0.717) is 19.6 Å². The largest absolute Gasteiger partial charge is 0.444 e. The zero-order valence-electron chi connectivity index (χ0n) is 10.8. The van der Waals surface area contributed by atoms with Gasteiger partial charge in [0.25, 0.3) is 0 Å². The van der Waals surface area contributed by atoms with E-state index in [1.165, 1.54) is 0 Å². The fourth-order valence-electron chi connectivity index (χ4n) is 1.89. The van der Waals surface area contributed by atoms with Gasteiger partial charge in [0.1, 0.15) is 11.2 Å². The molecule has 1 aliphatic carbocycles. The zero-order valence-corrected chi connectivity index (χ0v) is 10.8. The molecule has 0 radical (unpaired) electrons. The van der Waals surface area contributed by atoms with Crippen LogP contribution in [-0.2, 0) is 4.74 Å². The quantitative estimate of drug-likeness (QED) is 0.765. The minimum atomic E-state index is -0.764. The number of carbonyl (C=O) groups excluding carboxylic acids is 1. The van der Waals surface area contributed by atoms with Gasteiger partial charge in [-0.25, -0.2) is 4.79 Å². The van der Waals surface area contributed by atoms with Gasteiger partial charge in [0.15, 0.2) is 0 Å². The molecule has 0 aromatic carbocycles. The summed E-state index contributed by atoms with van der Waals surface area (Å²) in [6.07, 6.45) is 1.73. The first-order valence-corrected chi connectivity index (χ1v) is 6.22. The molecule has 0 unspecified atom stereocenters. The number of hydrogen-bond donors (Lipinski definition) is 2. The van der Waals surface area contributed by atoms with Crippen LogP contribution < -0.4 is 5.32 Å². The van der Waals surface area contributed by atoms with E-state index >= 15 is 0 Å². The van der Waals surface area contributed by atoms with E-state index in [1.54, 1.807) is 4.90 Å². The Labute approximate surface area is 102 Å². The van der Waals surface area contributed by atoms with Crippen LogP contribution >= 0.6 is 0 Å². The Kier molecular flexibility index (Phi) is 3.08. The van der Waals surface area contributed by atoms with Crippen LogP contribution in [0.1, 0.15) is 33.6 Å². The highest BCUT2D eigenvalue weighted by Gasteiger charge is 2.43. The first-order valence-electron chi connectivity index (χ1n) is 6.22. The summed E-state index contributed by atoms with van der Waals surface area (Å²) >= 11 is 0. The van der Waals surface area contributed by atoms with Crippen molar-refractivity contribution in [3.63, 3.8) is 0 Å². The number of amides is 1. The lowest BCUT2D eigenvalue weighted by atomic mass is 9.96. The summed E-state index contributed by atoms with van der Waals surface area (Å²) in [7, 11) is 0. The number of aliphatic hydroxyl groups is 1. The highest BCUT2D eigenvalue weighted by molar-refractivity contribution is 5.69. The van der Waals surface area contributed by atoms with Gasteiger partial charge in [0.2, 0.25) is 0 Å². The monoisotopic (exact) mass is 242 g/mol. The third kappa shape index (κ3) is 3.33. The van der Waals surface area contributed by atoms with E-state index in [9.17, 15) is 9.90 Å². The Morgan fingerprint density at radius 1 is 1.47 bits per heavy atom. The number of nitrogens with zero attached hydrogens (tertiary/aromatic N) is 1. The van der Waals surface area contributed by atoms with Gasteiger partial charge in [-0.2, -0.15) is 0 Å². The highest BCUT2D eigenvalue weighted by atomic mass is 16.6. The first-order chi connectivity index (χ1) is 7.79. The molecule has 0 atom stereocenters. The molecule has 0 aromatic rings. The van der Waals surface area contributed by atoms with Crippen LogP contribution in [0.4, 0.5) is 4.79 Å². The van der Waals surface area contributed by atoms with Crippen molar-refractivity contribution >= 4 is 6.09 Å². The Hall–Kier alpha value is -0.810. The molecule has 2 aliphatic rings. The maximum Gasteiger partial charge on any atom is 0.410 e. The topological polar surface area (TPSA) is 61.8 Å². The molecule has 0 spiro atoms. The molecular weight excluding hydrogens is 220 g/mol. The summed E-state index contributed by atoms with van der Waals surface area (Å²) in [6, 6.07) is 0.259. The lowest BCUT2D eigenvalue weighted by molar-refractivity contribution is -0.0476. The summed E-state index contributed by atoms with van der Waals surface area (Å²) in [5.74, 6) is 0. The standard InChI is InChI=1S/C12H22N2O3/c1-11(2,3)17-10(15)14(9-4-5-9)8-12(16)6-13-7-12/h9,13,16H,4-8H2,1-3H3. The minimum Gasteiger partial charge on any atom is -0.444 e. The lowest BCUT2D eigenvalue weighted by Gasteiger charge is -2.41. The Morgan fingerprint density at radius 2 is 2.06 bits per heavy atom. The van der Waals surface area contributed by atoms with Crippen molar-refractivity contribution in [2.45, 2.75) is 50.9 Å². The first kappa shape index (κ1) is 12.6. The van der Waals surface area contributed by atoms with Gasteiger partial charge >= 0.3 is 6.09 Å². The fourth-order valence-corrected chi connectivity index (χ4v) is 1.89. The van der Waals surface area contributed by atoms with Crippen molar-refractivity contribution in [2.24, 2.45) is 0 Å². The van der Waals surface area contributed by atoms with Gasteiger partial charge in [0.05, 0.1) is 6.54 Å². The summed E-state index contributed by atoms with van der Waals surface area (Å²) in [5.41, 5.74) is -1.25. The molecule has 1 saturated carbocycles.